The van der Waals surface area contributed by atoms with Crippen molar-refractivity contribution in [3.8, 4) is 0 Å². The monoisotopic (exact) mass is 438 g/mol. The number of aryl methyl sites for hydroxylation is 1. The standard InChI is InChI=1S/C22H20ClFN6O/c1-13-20-17(15-4-5-15)8-9-25-22(20)30(27-13)12-19(31)26-21-18(23)11-29(28-21)10-14-2-6-16(24)7-3-14/h2-3,6-9,11,15H,4-5,10,12H2,1H3,(H,26,28,31). The van der Waals surface area contributed by atoms with Crippen LogP contribution in [0.4, 0.5) is 10.2 Å². The molecule has 4 aromatic rings. The van der Waals surface area contributed by atoms with Crippen LogP contribution in [0.3, 0.4) is 0 Å². The molecular weight excluding hydrogens is 419 g/mol. The highest BCUT2D eigenvalue weighted by atomic mass is 35.5. The van der Waals surface area contributed by atoms with Gasteiger partial charge in [-0.05, 0) is 55.0 Å². The Bertz CT molecular complexity index is 1280. The molecule has 9 heteroatoms. The fraction of sp³-hybridized carbons (Fsp3) is 0.273. The van der Waals surface area contributed by atoms with Crippen LogP contribution in [-0.2, 0) is 17.9 Å². The quantitative estimate of drug-likeness (QED) is 0.487. The minimum Gasteiger partial charge on any atom is -0.306 e. The van der Waals surface area contributed by atoms with Gasteiger partial charge in [0.15, 0.2) is 11.5 Å². The summed E-state index contributed by atoms with van der Waals surface area (Å²) in [7, 11) is 0. The lowest BCUT2D eigenvalue weighted by atomic mass is 10.1. The molecule has 1 aliphatic rings. The lowest BCUT2D eigenvalue weighted by Gasteiger charge is -2.05. The molecule has 0 unspecified atom stereocenters. The van der Waals surface area contributed by atoms with Gasteiger partial charge in [0.25, 0.3) is 0 Å². The van der Waals surface area contributed by atoms with Crippen LogP contribution in [0.1, 0.15) is 35.6 Å². The lowest BCUT2D eigenvalue weighted by Crippen LogP contribution is -2.20. The molecule has 1 aromatic carbocycles. The second-order valence-electron chi connectivity index (χ2n) is 7.81. The van der Waals surface area contributed by atoms with Gasteiger partial charge in [0.1, 0.15) is 17.4 Å². The molecule has 7 nitrogen and oxygen atoms in total. The maximum absolute atomic E-state index is 13.1. The maximum atomic E-state index is 13.1. The first-order valence-electron chi connectivity index (χ1n) is 10.1. The average Bonchev–Trinajstić information content (AvgIpc) is 3.47. The van der Waals surface area contributed by atoms with Gasteiger partial charge in [0.05, 0.1) is 12.2 Å². The minimum absolute atomic E-state index is 0.00656. The van der Waals surface area contributed by atoms with Gasteiger partial charge in [-0.2, -0.15) is 10.2 Å². The second-order valence-corrected chi connectivity index (χ2v) is 8.22. The zero-order valence-electron chi connectivity index (χ0n) is 16.8. The van der Waals surface area contributed by atoms with Crippen LogP contribution < -0.4 is 5.32 Å². The summed E-state index contributed by atoms with van der Waals surface area (Å²) in [5.74, 6) is 0.250. The SMILES string of the molecule is Cc1nn(CC(=O)Nc2nn(Cc3ccc(F)cc3)cc2Cl)c2nccc(C3CC3)c12. The molecule has 0 saturated heterocycles. The molecule has 1 fully saturated rings. The van der Waals surface area contributed by atoms with Crippen LogP contribution in [0.25, 0.3) is 11.0 Å². The van der Waals surface area contributed by atoms with Crippen LogP contribution in [0.15, 0.2) is 42.7 Å². The van der Waals surface area contributed by atoms with Gasteiger partial charge in [-0.15, -0.1) is 0 Å². The largest absolute Gasteiger partial charge is 0.306 e. The minimum atomic E-state index is -0.296. The molecule has 3 aromatic heterocycles. The summed E-state index contributed by atoms with van der Waals surface area (Å²) >= 11 is 6.25. The van der Waals surface area contributed by atoms with Crippen LogP contribution in [0.5, 0.6) is 0 Å². The van der Waals surface area contributed by atoms with E-state index in [1.54, 1.807) is 33.9 Å². The fourth-order valence-corrected chi connectivity index (χ4v) is 4.00. The molecule has 1 N–H and O–H groups in total. The Kier molecular flexibility index (Phi) is 4.94. The number of halogens is 2. The summed E-state index contributed by atoms with van der Waals surface area (Å²) in [5.41, 5.74) is 3.72. The van der Waals surface area contributed by atoms with Crippen molar-refractivity contribution >= 4 is 34.4 Å². The van der Waals surface area contributed by atoms with Crippen LogP contribution in [-0.4, -0.2) is 30.5 Å². The summed E-state index contributed by atoms with van der Waals surface area (Å²) in [4.78, 5) is 17.1. The van der Waals surface area contributed by atoms with E-state index in [0.29, 0.717) is 23.1 Å². The number of carbonyl (C=O) groups excluding carboxylic acids is 1. The highest BCUT2D eigenvalue weighted by molar-refractivity contribution is 6.33. The summed E-state index contributed by atoms with van der Waals surface area (Å²) in [6, 6.07) is 8.19. The number of anilines is 1. The number of nitrogens with one attached hydrogen (secondary N) is 1. The first-order chi connectivity index (χ1) is 15.0. The van der Waals surface area contributed by atoms with Gasteiger partial charge in [0.2, 0.25) is 5.91 Å². The van der Waals surface area contributed by atoms with Gasteiger partial charge >= 0.3 is 0 Å². The van der Waals surface area contributed by atoms with E-state index in [-0.39, 0.29) is 24.1 Å². The van der Waals surface area contributed by atoms with Crippen molar-refractivity contribution in [2.75, 3.05) is 5.32 Å². The number of amides is 1. The Morgan fingerprint density at radius 3 is 2.74 bits per heavy atom. The van der Waals surface area contributed by atoms with E-state index in [2.05, 4.69) is 20.5 Å². The van der Waals surface area contributed by atoms with Crippen molar-refractivity contribution in [3.05, 3.63) is 70.4 Å². The van der Waals surface area contributed by atoms with E-state index in [1.165, 1.54) is 30.5 Å². The lowest BCUT2D eigenvalue weighted by molar-refractivity contribution is -0.116. The molecule has 1 aliphatic carbocycles. The number of hydrogen-bond acceptors (Lipinski definition) is 4. The van der Waals surface area contributed by atoms with Gasteiger partial charge < -0.3 is 5.32 Å². The van der Waals surface area contributed by atoms with Crippen LogP contribution >= 0.6 is 11.6 Å². The number of nitrogens with zero attached hydrogens (tertiary/aromatic N) is 5. The third-order valence-corrected chi connectivity index (χ3v) is 5.66. The molecule has 31 heavy (non-hydrogen) atoms. The van der Waals surface area contributed by atoms with Crippen molar-refractivity contribution in [3.63, 3.8) is 0 Å². The summed E-state index contributed by atoms with van der Waals surface area (Å²) in [5, 5.41) is 13.0. The molecule has 0 spiro atoms. The first kappa shape index (κ1) is 19.7. The van der Waals surface area contributed by atoms with Gasteiger partial charge in [-0.3, -0.25) is 9.48 Å². The zero-order chi connectivity index (χ0) is 21.5. The molecule has 0 atom stereocenters. The zero-order valence-corrected chi connectivity index (χ0v) is 17.6. The molecule has 5 rings (SSSR count). The van der Waals surface area contributed by atoms with Crippen molar-refractivity contribution in [1.82, 2.24) is 24.5 Å². The van der Waals surface area contributed by atoms with E-state index < -0.39 is 0 Å². The van der Waals surface area contributed by atoms with Crippen molar-refractivity contribution in [1.29, 1.82) is 0 Å². The Balaban J connectivity index is 1.31. The number of pyridine rings is 1. The van der Waals surface area contributed by atoms with E-state index in [0.717, 1.165) is 16.6 Å². The van der Waals surface area contributed by atoms with Crippen LogP contribution in [0, 0.1) is 12.7 Å². The Morgan fingerprint density at radius 1 is 1.23 bits per heavy atom. The smallest absolute Gasteiger partial charge is 0.247 e. The summed E-state index contributed by atoms with van der Waals surface area (Å²) in [6.45, 7) is 2.36. The third kappa shape index (κ3) is 4.03. The molecule has 0 aliphatic heterocycles. The molecule has 1 amide bonds. The van der Waals surface area contributed by atoms with E-state index in [9.17, 15) is 9.18 Å². The normalized spacial score (nSPS) is 13.6. The predicted molar refractivity (Wildman–Crippen MR) is 116 cm³/mol. The number of fused-ring (bicyclic) bond motifs is 1. The summed E-state index contributed by atoms with van der Waals surface area (Å²) in [6.07, 6.45) is 5.77. The highest BCUT2D eigenvalue weighted by Gasteiger charge is 2.27. The number of hydrogen-bond donors (Lipinski definition) is 1. The number of rotatable bonds is 6. The van der Waals surface area contributed by atoms with Crippen molar-refractivity contribution in [2.24, 2.45) is 0 Å². The molecule has 3 heterocycles. The number of aromatic nitrogens is 5. The van der Waals surface area contributed by atoms with Crippen molar-refractivity contribution < 1.29 is 9.18 Å². The van der Waals surface area contributed by atoms with Gasteiger partial charge in [0, 0.05) is 17.8 Å². The molecular formula is C22H20ClFN6O. The van der Waals surface area contributed by atoms with E-state index in [1.807, 2.05) is 13.0 Å². The van der Waals surface area contributed by atoms with Crippen molar-refractivity contribution in [2.45, 2.75) is 38.8 Å². The average molecular weight is 439 g/mol. The first-order valence-corrected chi connectivity index (χ1v) is 10.4. The predicted octanol–water partition coefficient (Wildman–Crippen LogP) is 4.29. The van der Waals surface area contributed by atoms with E-state index >= 15 is 0 Å². The van der Waals surface area contributed by atoms with E-state index in [4.69, 9.17) is 11.6 Å². The Hall–Kier alpha value is -3.26. The third-order valence-electron chi connectivity index (χ3n) is 5.38. The number of benzene rings is 1. The highest BCUT2D eigenvalue weighted by Crippen LogP contribution is 2.43. The molecule has 1 saturated carbocycles. The number of carbonyl (C=O) groups is 1. The molecule has 0 bridgehead atoms. The molecule has 0 radical (unpaired) electrons. The Labute approximate surface area is 182 Å². The summed E-state index contributed by atoms with van der Waals surface area (Å²) < 4.78 is 16.3. The fourth-order valence-electron chi connectivity index (χ4n) is 3.80. The Morgan fingerprint density at radius 2 is 2.00 bits per heavy atom. The second kappa shape index (κ2) is 7.77. The molecule has 158 valence electrons. The van der Waals surface area contributed by atoms with Gasteiger partial charge in [-0.25, -0.2) is 14.1 Å². The maximum Gasteiger partial charge on any atom is 0.247 e. The topological polar surface area (TPSA) is 77.6 Å². The van der Waals surface area contributed by atoms with Crippen LogP contribution in [0.2, 0.25) is 5.02 Å². The van der Waals surface area contributed by atoms with Gasteiger partial charge in [-0.1, -0.05) is 23.7 Å².